The van der Waals surface area contributed by atoms with Gasteiger partial charge in [-0.2, -0.15) is 0 Å². The fourth-order valence-electron chi connectivity index (χ4n) is 5.30. The molecule has 0 unspecified atom stereocenters. The van der Waals surface area contributed by atoms with Gasteiger partial charge in [0.15, 0.2) is 4.80 Å². The molecule has 5 aromatic rings. The summed E-state index contributed by atoms with van der Waals surface area (Å²) in [4.78, 5) is 31.9. The molecule has 9 heteroatoms. The van der Waals surface area contributed by atoms with Crippen LogP contribution in [0, 0.1) is 0 Å². The van der Waals surface area contributed by atoms with Crippen LogP contribution in [-0.4, -0.2) is 24.8 Å². The second-order valence-corrected chi connectivity index (χ2v) is 11.4. The van der Waals surface area contributed by atoms with Crippen molar-refractivity contribution in [3.63, 3.8) is 0 Å². The van der Waals surface area contributed by atoms with Crippen LogP contribution in [0.25, 0.3) is 16.8 Å². The molecule has 0 bridgehead atoms. The summed E-state index contributed by atoms with van der Waals surface area (Å²) in [5.74, 6) is 0.624. The topological polar surface area (TPSA) is 79.1 Å². The van der Waals surface area contributed by atoms with E-state index in [1.165, 1.54) is 35.5 Å². The lowest BCUT2D eigenvalue weighted by molar-refractivity contribution is -0.136. The Labute approximate surface area is 256 Å². The number of hydrogen-bond acceptors (Lipinski definition) is 7. The molecule has 43 heavy (non-hydrogen) atoms. The molecule has 1 aliphatic heterocycles. The van der Waals surface area contributed by atoms with Crippen LogP contribution in [0.4, 0.5) is 0 Å². The van der Waals surface area contributed by atoms with Gasteiger partial charge in [-0.1, -0.05) is 77.5 Å². The Kier molecular flexibility index (Phi) is 7.88. The molecule has 0 amide bonds. The van der Waals surface area contributed by atoms with E-state index in [4.69, 9.17) is 25.8 Å². The average molecular weight is 611 g/mol. The van der Waals surface area contributed by atoms with Crippen molar-refractivity contribution in [2.75, 3.05) is 14.2 Å². The van der Waals surface area contributed by atoms with Crippen LogP contribution in [0.3, 0.4) is 0 Å². The molecule has 0 saturated carbocycles. The largest absolute Gasteiger partial charge is 0.496 e. The molecule has 0 radical (unpaired) electrons. The third-order valence-corrected chi connectivity index (χ3v) is 8.58. The van der Waals surface area contributed by atoms with E-state index >= 15 is 0 Å². The monoisotopic (exact) mass is 610 g/mol. The van der Waals surface area contributed by atoms with Crippen molar-refractivity contribution >= 4 is 45.8 Å². The summed E-state index contributed by atoms with van der Waals surface area (Å²) < 4.78 is 18.7. The maximum atomic E-state index is 13.9. The van der Waals surface area contributed by atoms with Crippen molar-refractivity contribution in [2.24, 2.45) is 4.99 Å². The lowest BCUT2D eigenvalue weighted by Crippen LogP contribution is -2.40. The van der Waals surface area contributed by atoms with Gasteiger partial charge >= 0.3 is 5.97 Å². The number of esters is 1. The minimum Gasteiger partial charge on any atom is -0.496 e. The van der Waals surface area contributed by atoms with E-state index in [-0.39, 0.29) is 11.1 Å². The normalized spacial score (nSPS) is 14.8. The van der Waals surface area contributed by atoms with Crippen molar-refractivity contribution < 1.29 is 19.0 Å². The predicted octanol–water partition coefficient (Wildman–Crippen LogP) is 5.80. The van der Waals surface area contributed by atoms with Gasteiger partial charge in [0, 0.05) is 10.6 Å². The summed E-state index contributed by atoms with van der Waals surface area (Å²) in [6, 6.07) is 26.2. The second kappa shape index (κ2) is 11.9. The molecule has 1 atom stereocenters. The Morgan fingerprint density at radius 2 is 1.79 bits per heavy atom. The number of thiazole rings is 1. The number of benzene rings is 4. The minimum absolute atomic E-state index is 0.245. The summed E-state index contributed by atoms with van der Waals surface area (Å²) in [6.45, 7) is 2.17. The van der Waals surface area contributed by atoms with Crippen LogP contribution >= 0.6 is 22.9 Å². The number of fused-ring (bicyclic) bond motifs is 2. The molecule has 0 spiro atoms. The van der Waals surface area contributed by atoms with Crippen molar-refractivity contribution in [1.82, 2.24) is 4.57 Å². The Morgan fingerprint density at radius 3 is 2.56 bits per heavy atom. The number of halogens is 1. The maximum absolute atomic E-state index is 13.9. The Bertz CT molecular complexity index is 2070. The van der Waals surface area contributed by atoms with Crippen LogP contribution in [-0.2, 0) is 16.1 Å². The molecule has 0 fully saturated rings. The molecule has 1 aromatic heterocycles. The van der Waals surface area contributed by atoms with Gasteiger partial charge in [-0.3, -0.25) is 9.36 Å². The Balaban J connectivity index is 1.35. The van der Waals surface area contributed by atoms with Gasteiger partial charge in [0.05, 0.1) is 30.0 Å². The van der Waals surface area contributed by atoms with E-state index < -0.39 is 12.0 Å². The van der Waals surface area contributed by atoms with Crippen LogP contribution in [0.1, 0.15) is 29.7 Å². The number of carbonyl (C=O) groups excluding carboxylic acids is 1. The van der Waals surface area contributed by atoms with Gasteiger partial charge in [0.25, 0.3) is 5.56 Å². The number of ether oxygens (including phenoxy) is 3. The van der Waals surface area contributed by atoms with E-state index in [0.29, 0.717) is 38.0 Å². The lowest BCUT2D eigenvalue weighted by atomic mass is 9.95. The number of carbonyl (C=O) groups is 1. The first-order valence-corrected chi connectivity index (χ1v) is 14.7. The molecule has 6 rings (SSSR count). The fraction of sp³-hybridized carbons (Fsp3) is 0.147. The Hall–Kier alpha value is -4.66. The minimum atomic E-state index is -0.829. The summed E-state index contributed by atoms with van der Waals surface area (Å²) >= 11 is 7.60. The molecule has 4 aromatic carbocycles. The van der Waals surface area contributed by atoms with Gasteiger partial charge in [0.1, 0.15) is 24.1 Å². The first-order chi connectivity index (χ1) is 20.9. The van der Waals surface area contributed by atoms with Gasteiger partial charge in [-0.25, -0.2) is 9.79 Å². The van der Waals surface area contributed by atoms with Crippen LogP contribution in [0.5, 0.6) is 11.5 Å². The zero-order chi connectivity index (χ0) is 30.1. The summed E-state index contributed by atoms with van der Waals surface area (Å²) in [5, 5.41) is 2.78. The zero-order valence-corrected chi connectivity index (χ0v) is 25.2. The smallest absolute Gasteiger partial charge is 0.338 e. The number of hydrogen-bond donors (Lipinski definition) is 0. The molecule has 216 valence electrons. The highest BCUT2D eigenvalue weighted by molar-refractivity contribution is 7.07. The molecule has 0 aliphatic carbocycles. The summed E-state index contributed by atoms with van der Waals surface area (Å²) in [6.07, 6.45) is 1.81. The van der Waals surface area contributed by atoms with Gasteiger partial charge in [0.2, 0.25) is 0 Å². The molecule has 0 N–H and O–H groups in total. The van der Waals surface area contributed by atoms with Gasteiger partial charge < -0.3 is 14.2 Å². The van der Waals surface area contributed by atoms with Crippen LogP contribution < -0.4 is 24.4 Å². The second-order valence-electron chi connectivity index (χ2n) is 9.96. The lowest BCUT2D eigenvalue weighted by Gasteiger charge is -2.25. The van der Waals surface area contributed by atoms with E-state index in [9.17, 15) is 9.59 Å². The van der Waals surface area contributed by atoms with Crippen LogP contribution in [0.15, 0.2) is 106 Å². The number of aromatic nitrogens is 1. The van der Waals surface area contributed by atoms with Gasteiger partial charge in [-0.05, 0) is 65.2 Å². The van der Waals surface area contributed by atoms with E-state index in [1.54, 1.807) is 25.1 Å². The SMILES string of the molecule is COC(=O)C1=C(C)N=c2s/c(=C\c3ccc(OCc4cccc5ccccc45)cc3)c(=O)n2[C@@H]1c1cc(Cl)ccc1OC. The van der Waals surface area contributed by atoms with Crippen molar-refractivity contribution in [3.8, 4) is 11.5 Å². The van der Waals surface area contributed by atoms with E-state index in [1.807, 2.05) is 48.5 Å². The number of rotatable bonds is 7. The average Bonchev–Trinajstić information content (AvgIpc) is 3.33. The molecule has 7 nitrogen and oxygen atoms in total. The fourth-order valence-corrected chi connectivity index (χ4v) is 6.52. The first-order valence-electron chi connectivity index (χ1n) is 13.5. The van der Waals surface area contributed by atoms with Crippen molar-refractivity contribution in [3.05, 3.63) is 138 Å². The zero-order valence-electron chi connectivity index (χ0n) is 23.7. The molecule has 0 saturated heterocycles. The molecular formula is C34H27ClN2O5S. The van der Waals surface area contributed by atoms with Crippen LogP contribution in [0.2, 0.25) is 5.02 Å². The first kappa shape index (κ1) is 28.5. The highest BCUT2D eigenvalue weighted by atomic mass is 35.5. The third-order valence-electron chi connectivity index (χ3n) is 7.37. The highest BCUT2D eigenvalue weighted by Crippen LogP contribution is 2.37. The molecular weight excluding hydrogens is 584 g/mol. The van der Waals surface area contributed by atoms with Gasteiger partial charge in [-0.15, -0.1) is 0 Å². The van der Waals surface area contributed by atoms with Crippen molar-refractivity contribution in [1.29, 1.82) is 0 Å². The number of allylic oxidation sites excluding steroid dienone is 1. The van der Waals surface area contributed by atoms with E-state index in [0.717, 1.165) is 22.3 Å². The number of methoxy groups -OCH3 is 2. The highest BCUT2D eigenvalue weighted by Gasteiger charge is 2.35. The quantitative estimate of drug-likeness (QED) is 0.218. The predicted molar refractivity (Wildman–Crippen MR) is 169 cm³/mol. The Morgan fingerprint density at radius 1 is 1.02 bits per heavy atom. The summed E-state index contributed by atoms with van der Waals surface area (Å²) in [7, 11) is 2.83. The number of nitrogens with zero attached hydrogens (tertiary/aromatic N) is 2. The molecule has 1 aliphatic rings. The third kappa shape index (κ3) is 5.47. The maximum Gasteiger partial charge on any atom is 0.338 e. The molecule has 2 heterocycles. The van der Waals surface area contributed by atoms with Crippen molar-refractivity contribution in [2.45, 2.75) is 19.6 Å². The summed E-state index contributed by atoms with van der Waals surface area (Å²) in [5.41, 5.74) is 2.90. The van der Waals surface area contributed by atoms with E-state index in [2.05, 4.69) is 29.3 Å². The standard InChI is InChI=1S/C34H27ClN2O5S/c1-20-30(33(39)41-3)31(27-18-24(35)13-16-28(27)40-2)37-32(38)29(43-34(37)36-20)17-21-11-14-25(15-12-21)42-19-23-9-6-8-22-7-4-5-10-26(22)23/h4-18,31H,19H2,1-3H3/b29-17-/t31-/m1/s1.